The van der Waals surface area contributed by atoms with Crippen LogP contribution >= 0.6 is 12.4 Å². The number of nitrogens with two attached hydrogens (primary N) is 1. The molecule has 3 heterocycles. The van der Waals surface area contributed by atoms with Crippen molar-refractivity contribution < 1.29 is 14.4 Å². The third kappa shape index (κ3) is 5.58. The van der Waals surface area contributed by atoms with E-state index in [0.717, 1.165) is 27.7 Å². The van der Waals surface area contributed by atoms with Crippen molar-refractivity contribution in [2.45, 2.75) is 44.8 Å². The maximum Gasteiger partial charge on any atom is 0.253 e. The van der Waals surface area contributed by atoms with Crippen molar-refractivity contribution in [1.29, 1.82) is 0 Å². The molecule has 0 bridgehead atoms. The topological polar surface area (TPSA) is 124 Å². The molecular weight excluding hydrogens is 504 g/mol. The van der Waals surface area contributed by atoms with Gasteiger partial charge in [0.2, 0.25) is 11.8 Å². The second-order valence-electron chi connectivity index (χ2n) is 10.4. The van der Waals surface area contributed by atoms with Crippen molar-refractivity contribution >= 4 is 46.7 Å². The van der Waals surface area contributed by atoms with Crippen LogP contribution in [0.25, 0.3) is 10.9 Å². The maximum atomic E-state index is 13.8. The molecule has 4 N–H and O–H groups in total. The number of benzene rings is 2. The van der Waals surface area contributed by atoms with E-state index in [1.54, 1.807) is 18.7 Å². The Bertz CT molecular complexity index is 1360. The van der Waals surface area contributed by atoms with Crippen molar-refractivity contribution in [1.82, 2.24) is 20.2 Å². The van der Waals surface area contributed by atoms with Gasteiger partial charge in [0.05, 0.1) is 23.7 Å². The molecular formula is C28H33ClN6O3. The number of nitrogens with one attached hydrogen (secondary N) is 2. The average Bonchev–Trinajstić information content (AvgIpc) is 3.43. The lowest BCUT2D eigenvalue weighted by Crippen LogP contribution is -2.58. The standard InChI is InChI=1S/C28H32N6O3.ClH/c1-28(2,29)27(37)31-24(14-19-15-30-22-11-7-6-10-20(19)22)26(36)33-13-12-23-21(17-33)25(35)34(32-23)16-18-8-4-3-5-9-18;/h3-11,15,21,24,30H,12-14,16-17,29H2,1-2H3,(H,31,37);1H/t21?,24-;/m1./s1. The zero-order valence-electron chi connectivity index (χ0n) is 21.5. The monoisotopic (exact) mass is 536 g/mol. The van der Waals surface area contributed by atoms with E-state index in [4.69, 9.17) is 5.73 Å². The van der Waals surface area contributed by atoms with Crippen LogP contribution in [0.15, 0.2) is 65.9 Å². The number of aromatic nitrogens is 1. The van der Waals surface area contributed by atoms with Crippen LogP contribution in [0.1, 0.15) is 31.4 Å². The summed E-state index contributed by atoms with van der Waals surface area (Å²) in [5.41, 5.74) is 8.58. The Labute approximate surface area is 227 Å². The highest BCUT2D eigenvalue weighted by Crippen LogP contribution is 2.26. The molecule has 38 heavy (non-hydrogen) atoms. The number of hydrogen-bond donors (Lipinski definition) is 3. The van der Waals surface area contributed by atoms with E-state index in [9.17, 15) is 14.4 Å². The van der Waals surface area contributed by atoms with Crippen LogP contribution in [0.5, 0.6) is 0 Å². The first kappa shape index (κ1) is 27.3. The summed E-state index contributed by atoms with van der Waals surface area (Å²) in [6.45, 7) is 4.30. The lowest BCUT2D eigenvalue weighted by atomic mass is 9.94. The normalized spacial score (nSPS) is 18.0. The van der Waals surface area contributed by atoms with Gasteiger partial charge in [-0.1, -0.05) is 48.5 Å². The van der Waals surface area contributed by atoms with Gasteiger partial charge in [0.1, 0.15) is 6.04 Å². The van der Waals surface area contributed by atoms with Crippen LogP contribution in [0, 0.1) is 5.92 Å². The maximum absolute atomic E-state index is 13.8. The van der Waals surface area contributed by atoms with Crippen LogP contribution in [0.3, 0.4) is 0 Å². The molecule has 2 aliphatic heterocycles. The van der Waals surface area contributed by atoms with Crippen molar-refractivity contribution in [3.05, 3.63) is 71.9 Å². The predicted octanol–water partition coefficient (Wildman–Crippen LogP) is 2.60. The highest BCUT2D eigenvalue weighted by atomic mass is 35.5. The number of nitrogens with zero attached hydrogens (tertiary/aromatic N) is 3. The molecule has 0 spiro atoms. The Kier molecular flexibility index (Phi) is 7.89. The van der Waals surface area contributed by atoms with Gasteiger partial charge in [-0.25, -0.2) is 5.01 Å². The van der Waals surface area contributed by atoms with E-state index >= 15 is 0 Å². The van der Waals surface area contributed by atoms with Crippen molar-refractivity contribution in [2.75, 3.05) is 13.1 Å². The molecule has 1 fully saturated rings. The van der Waals surface area contributed by atoms with Crippen LogP contribution in [0.2, 0.25) is 0 Å². The molecule has 10 heteroatoms. The summed E-state index contributed by atoms with van der Waals surface area (Å²) in [5.74, 6) is -1.19. The van der Waals surface area contributed by atoms with E-state index in [1.807, 2.05) is 60.8 Å². The van der Waals surface area contributed by atoms with E-state index in [0.29, 0.717) is 25.9 Å². The average molecular weight is 537 g/mol. The molecule has 1 unspecified atom stereocenters. The number of hydrogen-bond acceptors (Lipinski definition) is 5. The summed E-state index contributed by atoms with van der Waals surface area (Å²) in [6.07, 6.45) is 2.69. The first-order valence-electron chi connectivity index (χ1n) is 12.6. The third-order valence-electron chi connectivity index (χ3n) is 7.02. The molecule has 2 atom stereocenters. The molecule has 9 nitrogen and oxygen atoms in total. The smallest absolute Gasteiger partial charge is 0.253 e. The fraction of sp³-hybridized carbons (Fsp3) is 0.357. The molecule has 1 aromatic heterocycles. The quantitative estimate of drug-likeness (QED) is 0.429. The van der Waals surface area contributed by atoms with Gasteiger partial charge in [-0.2, -0.15) is 5.10 Å². The number of amides is 3. The Morgan fingerprint density at radius 2 is 1.87 bits per heavy atom. The Hall–Kier alpha value is -3.69. The minimum atomic E-state index is -1.14. The van der Waals surface area contributed by atoms with Crippen LogP contribution in [0.4, 0.5) is 0 Å². The van der Waals surface area contributed by atoms with Gasteiger partial charge >= 0.3 is 0 Å². The summed E-state index contributed by atoms with van der Waals surface area (Å²) in [4.78, 5) is 44.7. The summed E-state index contributed by atoms with van der Waals surface area (Å²) < 4.78 is 0. The largest absolute Gasteiger partial charge is 0.361 e. The minimum absolute atomic E-state index is 0. The molecule has 3 amide bonds. The lowest BCUT2D eigenvalue weighted by Gasteiger charge is -2.34. The van der Waals surface area contributed by atoms with Gasteiger partial charge in [-0.15, -0.1) is 12.4 Å². The van der Waals surface area contributed by atoms with E-state index < -0.39 is 23.4 Å². The van der Waals surface area contributed by atoms with Gasteiger partial charge in [-0.05, 0) is 31.0 Å². The number of piperidine rings is 1. The first-order chi connectivity index (χ1) is 17.7. The van der Waals surface area contributed by atoms with Crippen LogP contribution < -0.4 is 11.1 Å². The number of rotatable bonds is 7. The Balaban J connectivity index is 0.00000336. The van der Waals surface area contributed by atoms with E-state index in [-0.39, 0.29) is 30.8 Å². The number of carbonyl (C=O) groups excluding carboxylic acids is 3. The van der Waals surface area contributed by atoms with Crippen molar-refractivity contribution in [3.8, 4) is 0 Å². The van der Waals surface area contributed by atoms with Crippen molar-refractivity contribution in [2.24, 2.45) is 16.8 Å². The summed E-state index contributed by atoms with van der Waals surface area (Å²) in [5, 5.41) is 9.95. The van der Waals surface area contributed by atoms with Crippen molar-refractivity contribution in [3.63, 3.8) is 0 Å². The van der Waals surface area contributed by atoms with Crippen LogP contribution in [-0.2, 0) is 27.3 Å². The third-order valence-corrected chi connectivity index (χ3v) is 7.02. The summed E-state index contributed by atoms with van der Waals surface area (Å²) in [7, 11) is 0. The number of likely N-dealkylation sites (tertiary alicyclic amines) is 1. The molecule has 1 saturated heterocycles. The molecule has 5 rings (SSSR count). The zero-order valence-corrected chi connectivity index (χ0v) is 22.3. The minimum Gasteiger partial charge on any atom is -0.361 e. The second kappa shape index (κ2) is 11.0. The molecule has 0 radical (unpaired) electrons. The fourth-order valence-electron chi connectivity index (χ4n) is 4.92. The number of hydrazone groups is 1. The zero-order chi connectivity index (χ0) is 26.2. The number of para-hydroxylation sites is 1. The highest BCUT2D eigenvalue weighted by molar-refractivity contribution is 6.09. The molecule has 0 aliphatic carbocycles. The van der Waals surface area contributed by atoms with Gasteiger partial charge in [0, 0.05) is 43.0 Å². The molecule has 2 aromatic carbocycles. The SMILES string of the molecule is CC(C)(N)C(=O)N[C@H](Cc1c[nH]c2ccccc12)C(=O)N1CCC2=NN(Cc3ccccc3)C(=O)C2C1.Cl. The van der Waals surface area contributed by atoms with Gasteiger partial charge in [0.15, 0.2) is 0 Å². The molecule has 3 aromatic rings. The lowest BCUT2D eigenvalue weighted by molar-refractivity contribution is -0.139. The summed E-state index contributed by atoms with van der Waals surface area (Å²) in [6, 6.07) is 16.7. The van der Waals surface area contributed by atoms with E-state index in [1.165, 1.54) is 5.01 Å². The fourth-order valence-corrected chi connectivity index (χ4v) is 4.92. The molecule has 2 aliphatic rings. The second-order valence-corrected chi connectivity index (χ2v) is 10.4. The number of fused-ring (bicyclic) bond motifs is 2. The predicted molar refractivity (Wildman–Crippen MR) is 149 cm³/mol. The Morgan fingerprint density at radius 1 is 1.16 bits per heavy atom. The molecule has 200 valence electrons. The molecule has 0 saturated carbocycles. The van der Waals surface area contributed by atoms with Gasteiger partial charge in [0.25, 0.3) is 5.91 Å². The number of carbonyl (C=O) groups is 3. The first-order valence-corrected chi connectivity index (χ1v) is 12.6. The van der Waals surface area contributed by atoms with Gasteiger partial charge < -0.3 is 20.9 Å². The number of aromatic amines is 1. The van der Waals surface area contributed by atoms with E-state index in [2.05, 4.69) is 15.4 Å². The number of H-pyrrole nitrogens is 1. The number of halogens is 1. The van der Waals surface area contributed by atoms with Gasteiger partial charge in [-0.3, -0.25) is 14.4 Å². The highest BCUT2D eigenvalue weighted by Gasteiger charge is 2.42. The van der Waals surface area contributed by atoms with Crippen LogP contribution in [-0.4, -0.2) is 63.0 Å². The summed E-state index contributed by atoms with van der Waals surface area (Å²) >= 11 is 0. The Morgan fingerprint density at radius 3 is 2.61 bits per heavy atom.